The molecule has 2 atom stereocenters. The van der Waals surface area contributed by atoms with Crippen LogP contribution in [0.3, 0.4) is 0 Å². The number of nitrogens with zero attached hydrogens (tertiary/aromatic N) is 3. The van der Waals surface area contributed by atoms with E-state index in [1.165, 1.54) is 38.6 Å². The molecule has 90 valence electrons. The Balaban J connectivity index is 1.68. The summed E-state index contributed by atoms with van der Waals surface area (Å²) in [6, 6.07) is 2.66. The van der Waals surface area contributed by atoms with Crippen LogP contribution in [-0.4, -0.2) is 22.6 Å². The lowest BCUT2D eigenvalue weighted by atomic mass is 10.1. The topological polar surface area (TPSA) is 55.0 Å². The summed E-state index contributed by atoms with van der Waals surface area (Å²) < 4.78 is 0. The third-order valence-electron chi connectivity index (χ3n) is 4.40. The summed E-state index contributed by atoms with van der Waals surface area (Å²) in [5.41, 5.74) is 5.91. The average molecular weight is 230 g/mol. The number of hydrogen-bond donors (Lipinski definition) is 1. The van der Waals surface area contributed by atoms with Crippen LogP contribution in [0.2, 0.25) is 0 Å². The van der Waals surface area contributed by atoms with Crippen LogP contribution in [-0.2, 0) is 0 Å². The van der Waals surface area contributed by atoms with Crippen LogP contribution in [0.15, 0.2) is 6.07 Å². The van der Waals surface area contributed by atoms with Crippen molar-refractivity contribution in [3.8, 4) is 0 Å². The van der Waals surface area contributed by atoms with Crippen molar-refractivity contribution in [2.45, 2.75) is 44.1 Å². The molecule has 4 heteroatoms. The molecule has 17 heavy (non-hydrogen) atoms. The molecule has 4 rings (SSSR count). The Morgan fingerprint density at radius 3 is 2.71 bits per heavy atom. The number of aromatic nitrogens is 2. The van der Waals surface area contributed by atoms with E-state index in [9.17, 15) is 0 Å². The molecule has 2 heterocycles. The molecule has 1 aromatic heterocycles. The van der Waals surface area contributed by atoms with Crippen LogP contribution in [0.25, 0.3) is 0 Å². The summed E-state index contributed by atoms with van der Waals surface area (Å²) in [6.45, 7) is 1.17. The van der Waals surface area contributed by atoms with E-state index in [4.69, 9.17) is 10.7 Å². The van der Waals surface area contributed by atoms with Crippen molar-refractivity contribution < 1.29 is 0 Å². The molecule has 2 saturated carbocycles. The van der Waals surface area contributed by atoms with Gasteiger partial charge in [0, 0.05) is 24.6 Å². The Morgan fingerprint density at radius 1 is 1.18 bits per heavy atom. The normalized spacial score (nSPS) is 31.2. The highest BCUT2D eigenvalue weighted by molar-refractivity contribution is 5.50. The molecule has 1 aromatic rings. The highest BCUT2D eigenvalue weighted by Gasteiger charge is 2.39. The van der Waals surface area contributed by atoms with Crippen LogP contribution in [0.4, 0.5) is 11.6 Å². The maximum atomic E-state index is 5.91. The van der Waals surface area contributed by atoms with Crippen molar-refractivity contribution >= 4 is 11.6 Å². The predicted molar refractivity (Wildman–Crippen MR) is 66.9 cm³/mol. The van der Waals surface area contributed by atoms with Gasteiger partial charge in [-0.3, -0.25) is 0 Å². The van der Waals surface area contributed by atoms with E-state index < -0.39 is 0 Å². The van der Waals surface area contributed by atoms with Gasteiger partial charge in [0.15, 0.2) is 0 Å². The smallest absolute Gasteiger partial charge is 0.136 e. The predicted octanol–water partition coefficient (Wildman–Crippen LogP) is 1.92. The standard InChI is InChI=1S/C13H18N4/c14-11-6-12(16-13(15-11)9-2-3-9)17-7-8-1-4-10(17)5-8/h6,8-10H,1-5,7H2,(H2,14,15,16). The third-order valence-corrected chi connectivity index (χ3v) is 4.40. The molecule has 4 nitrogen and oxygen atoms in total. The van der Waals surface area contributed by atoms with Gasteiger partial charge in [-0.05, 0) is 38.0 Å². The number of anilines is 2. The second kappa shape index (κ2) is 3.34. The lowest BCUT2D eigenvalue weighted by Crippen LogP contribution is -2.32. The van der Waals surface area contributed by atoms with Gasteiger partial charge in [0.2, 0.25) is 0 Å². The van der Waals surface area contributed by atoms with Crippen molar-refractivity contribution in [3.05, 3.63) is 11.9 Å². The van der Waals surface area contributed by atoms with Gasteiger partial charge in [0.25, 0.3) is 0 Å². The Hall–Kier alpha value is -1.32. The molecule has 0 amide bonds. The summed E-state index contributed by atoms with van der Waals surface area (Å²) in [5, 5.41) is 0. The first-order valence-corrected chi connectivity index (χ1v) is 6.70. The Morgan fingerprint density at radius 2 is 2.06 bits per heavy atom. The van der Waals surface area contributed by atoms with Gasteiger partial charge in [0.1, 0.15) is 17.5 Å². The lowest BCUT2D eigenvalue weighted by Gasteiger charge is -2.28. The molecule has 2 unspecified atom stereocenters. The van der Waals surface area contributed by atoms with Crippen LogP contribution in [0, 0.1) is 5.92 Å². The minimum atomic E-state index is 0.581. The van der Waals surface area contributed by atoms with E-state index in [-0.39, 0.29) is 0 Å². The van der Waals surface area contributed by atoms with Gasteiger partial charge in [0.05, 0.1) is 0 Å². The van der Waals surface area contributed by atoms with E-state index in [0.717, 1.165) is 17.6 Å². The zero-order chi connectivity index (χ0) is 11.4. The summed E-state index contributed by atoms with van der Waals surface area (Å²) in [5.74, 6) is 4.16. The molecular weight excluding hydrogens is 212 g/mol. The molecule has 1 saturated heterocycles. The van der Waals surface area contributed by atoms with Gasteiger partial charge in [-0.1, -0.05) is 0 Å². The monoisotopic (exact) mass is 230 g/mol. The van der Waals surface area contributed by atoms with E-state index in [1.807, 2.05) is 6.07 Å². The second-order valence-corrected chi connectivity index (χ2v) is 5.77. The second-order valence-electron chi connectivity index (χ2n) is 5.77. The molecule has 2 bridgehead atoms. The molecule has 0 spiro atoms. The summed E-state index contributed by atoms with van der Waals surface area (Å²) >= 11 is 0. The third kappa shape index (κ3) is 1.58. The van der Waals surface area contributed by atoms with E-state index in [1.54, 1.807) is 0 Å². The molecule has 3 aliphatic rings. The van der Waals surface area contributed by atoms with Crippen molar-refractivity contribution in [1.29, 1.82) is 0 Å². The van der Waals surface area contributed by atoms with E-state index in [0.29, 0.717) is 17.8 Å². The fourth-order valence-electron chi connectivity index (χ4n) is 3.35. The minimum Gasteiger partial charge on any atom is -0.384 e. The summed E-state index contributed by atoms with van der Waals surface area (Å²) in [6.07, 6.45) is 6.54. The Labute approximate surface area is 101 Å². The van der Waals surface area contributed by atoms with Gasteiger partial charge in [-0.25, -0.2) is 9.97 Å². The first-order valence-electron chi connectivity index (χ1n) is 6.70. The molecule has 1 aliphatic heterocycles. The van der Waals surface area contributed by atoms with Crippen molar-refractivity contribution in [2.75, 3.05) is 17.2 Å². The molecule has 2 aliphatic carbocycles. The highest BCUT2D eigenvalue weighted by Crippen LogP contribution is 2.42. The molecule has 0 radical (unpaired) electrons. The Bertz CT molecular complexity index is 455. The maximum absolute atomic E-state index is 5.91. The van der Waals surface area contributed by atoms with E-state index >= 15 is 0 Å². The van der Waals surface area contributed by atoms with Crippen molar-refractivity contribution in [1.82, 2.24) is 9.97 Å². The van der Waals surface area contributed by atoms with Gasteiger partial charge in [-0.2, -0.15) is 0 Å². The fraction of sp³-hybridized carbons (Fsp3) is 0.692. The zero-order valence-electron chi connectivity index (χ0n) is 9.97. The van der Waals surface area contributed by atoms with Crippen LogP contribution < -0.4 is 10.6 Å². The molecule has 0 aromatic carbocycles. The number of hydrogen-bond acceptors (Lipinski definition) is 4. The Kier molecular flexibility index (Phi) is 1.90. The summed E-state index contributed by atoms with van der Waals surface area (Å²) in [7, 11) is 0. The maximum Gasteiger partial charge on any atom is 0.136 e. The SMILES string of the molecule is Nc1cc(N2CC3CCC2C3)nc(C2CC2)n1. The summed E-state index contributed by atoms with van der Waals surface area (Å²) in [4.78, 5) is 11.6. The number of nitrogen functional groups attached to an aromatic ring is 1. The molecule has 2 N–H and O–H groups in total. The number of nitrogens with two attached hydrogens (primary N) is 1. The largest absolute Gasteiger partial charge is 0.384 e. The first-order chi connectivity index (χ1) is 8.29. The van der Waals surface area contributed by atoms with E-state index in [2.05, 4.69) is 9.88 Å². The van der Waals surface area contributed by atoms with Crippen molar-refractivity contribution in [3.63, 3.8) is 0 Å². The molecule has 3 fully saturated rings. The highest BCUT2D eigenvalue weighted by atomic mass is 15.3. The lowest BCUT2D eigenvalue weighted by molar-refractivity contribution is 0.549. The number of rotatable bonds is 2. The van der Waals surface area contributed by atoms with Crippen LogP contribution in [0.1, 0.15) is 43.8 Å². The quantitative estimate of drug-likeness (QED) is 0.843. The van der Waals surface area contributed by atoms with Gasteiger partial charge < -0.3 is 10.6 Å². The zero-order valence-corrected chi connectivity index (χ0v) is 9.97. The van der Waals surface area contributed by atoms with Crippen LogP contribution in [0.5, 0.6) is 0 Å². The fourth-order valence-corrected chi connectivity index (χ4v) is 3.35. The van der Waals surface area contributed by atoms with Crippen LogP contribution >= 0.6 is 0 Å². The number of fused-ring (bicyclic) bond motifs is 2. The van der Waals surface area contributed by atoms with Gasteiger partial charge >= 0.3 is 0 Å². The first kappa shape index (κ1) is 9.68. The van der Waals surface area contributed by atoms with Gasteiger partial charge in [-0.15, -0.1) is 0 Å². The average Bonchev–Trinajstić information content (AvgIpc) is 2.97. The molecular formula is C13H18N4. The van der Waals surface area contributed by atoms with Crippen molar-refractivity contribution in [2.24, 2.45) is 5.92 Å². The number of piperidine rings is 1. The minimum absolute atomic E-state index is 0.581.